The Hall–Kier alpha value is -3.07. The fraction of sp³-hybridized carbons (Fsp3) is 0.391. The molecule has 2 aliphatic rings. The number of amides is 2. The van der Waals surface area contributed by atoms with Crippen LogP contribution in [0.4, 0.5) is 0 Å². The van der Waals surface area contributed by atoms with Crippen molar-refractivity contribution in [3.05, 3.63) is 53.1 Å². The molecule has 8 nitrogen and oxygen atoms in total. The maximum atomic E-state index is 13.4. The van der Waals surface area contributed by atoms with Crippen LogP contribution in [0.15, 0.2) is 41.3 Å². The number of carbonyl (C=O) groups excluding carboxylic acids is 2. The van der Waals surface area contributed by atoms with Gasteiger partial charge in [-0.25, -0.2) is 12.7 Å². The van der Waals surface area contributed by atoms with Crippen LogP contribution in [0.1, 0.15) is 59.0 Å². The Morgan fingerprint density at radius 2 is 1.84 bits per heavy atom. The average Bonchev–Trinajstić information content (AvgIpc) is 3.33. The first kappa shape index (κ1) is 22.1. The topological polar surface area (TPSA) is 93.2 Å². The van der Waals surface area contributed by atoms with E-state index in [9.17, 15) is 18.0 Å². The molecule has 0 unspecified atom stereocenters. The van der Waals surface area contributed by atoms with Crippen molar-refractivity contribution in [2.75, 3.05) is 20.8 Å². The zero-order valence-electron chi connectivity index (χ0n) is 18.5. The van der Waals surface area contributed by atoms with Gasteiger partial charge in [0.25, 0.3) is 21.8 Å². The third kappa shape index (κ3) is 3.40. The SMILES string of the molecule is COc1ccc([C@H]2CCCN2C(=O)c2ccc3c(c2)S(=O)(=O)N(C(C)C)C3=O)c(OC)c1. The van der Waals surface area contributed by atoms with Crippen molar-refractivity contribution in [2.24, 2.45) is 0 Å². The van der Waals surface area contributed by atoms with E-state index in [2.05, 4.69) is 0 Å². The Bertz CT molecular complexity index is 1190. The minimum Gasteiger partial charge on any atom is -0.497 e. The minimum absolute atomic E-state index is 0.102. The Balaban J connectivity index is 1.69. The average molecular weight is 459 g/mol. The molecule has 0 saturated carbocycles. The van der Waals surface area contributed by atoms with Gasteiger partial charge in [-0.3, -0.25) is 9.59 Å². The Kier molecular flexibility index (Phi) is 5.62. The maximum Gasteiger partial charge on any atom is 0.269 e. The normalized spacial score (nSPS) is 19.4. The van der Waals surface area contributed by atoms with Gasteiger partial charge in [-0.2, -0.15) is 0 Å². The van der Waals surface area contributed by atoms with Crippen LogP contribution in [0, 0.1) is 0 Å². The van der Waals surface area contributed by atoms with E-state index in [-0.39, 0.29) is 28.0 Å². The lowest BCUT2D eigenvalue weighted by Gasteiger charge is -2.27. The van der Waals surface area contributed by atoms with Crippen molar-refractivity contribution in [1.29, 1.82) is 0 Å². The molecular weight excluding hydrogens is 432 g/mol. The lowest BCUT2D eigenvalue weighted by Crippen LogP contribution is -2.36. The third-order valence-electron chi connectivity index (χ3n) is 5.98. The number of likely N-dealkylation sites (tertiary alicyclic amines) is 1. The first-order valence-electron chi connectivity index (χ1n) is 10.5. The van der Waals surface area contributed by atoms with E-state index in [4.69, 9.17) is 9.47 Å². The Morgan fingerprint density at radius 3 is 2.50 bits per heavy atom. The number of ether oxygens (including phenoxy) is 2. The quantitative estimate of drug-likeness (QED) is 0.683. The van der Waals surface area contributed by atoms with E-state index in [1.54, 1.807) is 39.0 Å². The molecule has 2 aliphatic heterocycles. The van der Waals surface area contributed by atoms with Gasteiger partial charge < -0.3 is 14.4 Å². The van der Waals surface area contributed by atoms with Crippen molar-refractivity contribution in [1.82, 2.24) is 9.21 Å². The maximum absolute atomic E-state index is 13.4. The third-order valence-corrected chi connectivity index (χ3v) is 7.98. The second kappa shape index (κ2) is 8.12. The molecule has 2 aromatic rings. The summed E-state index contributed by atoms with van der Waals surface area (Å²) in [6.07, 6.45) is 1.58. The van der Waals surface area contributed by atoms with E-state index in [0.717, 1.165) is 22.7 Å². The van der Waals surface area contributed by atoms with Crippen LogP contribution in [-0.2, 0) is 10.0 Å². The summed E-state index contributed by atoms with van der Waals surface area (Å²) < 4.78 is 37.5. The van der Waals surface area contributed by atoms with Gasteiger partial charge >= 0.3 is 0 Å². The Morgan fingerprint density at radius 1 is 1.09 bits per heavy atom. The first-order valence-corrected chi connectivity index (χ1v) is 11.9. The van der Waals surface area contributed by atoms with Crippen LogP contribution in [0.2, 0.25) is 0 Å². The van der Waals surface area contributed by atoms with E-state index in [1.165, 1.54) is 18.2 Å². The van der Waals surface area contributed by atoms with Gasteiger partial charge in [0.05, 0.1) is 25.8 Å². The molecule has 32 heavy (non-hydrogen) atoms. The lowest BCUT2D eigenvalue weighted by molar-refractivity contribution is 0.0732. The number of sulfonamides is 1. The molecule has 0 N–H and O–H groups in total. The molecule has 2 aromatic carbocycles. The number of hydrogen-bond donors (Lipinski definition) is 0. The summed E-state index contributed by atoms with van der Waals surface area (Å²) >= 11 is 0. The van der Waals surface area contributed by atoms with E-state index >= 15 is 0 Å². The van der Waals surface area contributed by atoms with E-state index in [0.29, 0.717) is 18.0 Å². The number of carbonyl (C=O) groups is 2. The van der Waals surface area contributed by atoms with Gasteiger partial charge in [-0.05, 0) is 57.0 Å². The van der Waals surface area contributed by atoms with Crippen LogP contribution in [0.25, 0.3) is 0 Å². The zero-order valence-corrected chi connectivity index (χ0v) is 19.3. The van der Waals surface area contributed by atoms with Gasteiger partial charge in [-0.1, -0.05) is 0 Å². The molecule has 170 valence electrons. The number of rotatable bonds is 5. The highest BCUT2D eigenvalue weighted by Crippen LogP contribution is 2.40. The van der Waals surface area contributed by atoms with Crippen LogP contribution in [0.3, 0.4) is 0 Å². The summed E-state index contributed by atoms with van der Waals surface area (Å²) in [5, 5.41) is 0. The van der Waals surface area contributed by atoms with Gasteiger partial charge in [0, 0.05) is 29.8 Å². The second-order valence-electron chi connectivity index (χ2n) is 8.18. The fourth-order valence-electron chi connectivity index (χ4n) is 4.48. The molecular formula is C23H26N2O6S. The number of fused-ring (bicyclic) bond motifs is 1. The molecule has 0 aliphatic carbocycles. The minimum atomic E-state index is -3.98. The first-order chi connectivity index (χ1) is 15.2. The smallest absolute Gasteiger partial charge is 0.269 e. The van der Waals surface area contributed by atoms with Gasteiger partial charge in [0.1, 0.15) is 16.4 Å². The van der Waals surface area contributed by atoms with Crippen molar-refractivity contribution in [2.45, 2.75) is 43.7 Å². The van der Waals surface area contributed by atoms with Crippen molar-refractivity contribution >= 4 is 21.8 Å². The van der Waals surface area contributed by atoms with Crippen LogP contribution >= 0.6 is 0 Å². The Labute approximate surface area is 187 Å². The fourth-order valence-corrected chi connectivity index (χ4v) is 6.28. The zero-order chi connectivity index (χ0) is 23.2. The van der Waals surface area contributed by atoms with E-state index in [1.807, 2.05) is 12.1 Å². The summed E-state index contributed by atoms with van der Waals surface area (Å²) in [4.78, 5) is 27.6. The number of benzene rings is 2. The number of methoxy groups -OCH3 is 2. The molecule has 2 heterocycles. The standard InChI is InChI=1S/C23H26N2O6S/c1-14(2)25-23(27)18-9-7-15(12-21(18)32(25,28)29)22(26)24-11-5-6-19(24)17-10-8-16(30-3)13-20(17)31-4/h7-10,12-14,19H,5-6,11H2,1-4H3/t19-/m1/s1. The predicted molar refractivity (Wildman–Crippen MR) is 117 cm³/mol. The molecule has 0 radical (unpaired) electrons. The number of hydrogen-bond acceptors (Lipinski definition) is 6. The summed E-state index contributed by atoms with van der Waals surface area (Å²) in [6.45, 7) is 3.83. The predicted octanol–water partition coefficient (Wildman–Crippen LogP) is 3.23. The second-order valence-corrected chi connectivity index (χ2v) is 9.96. The van der Waals surface area contributed by atoms with Crippen molar-refractivity contribution in [3.8, 4) is 11.5 Å². The number of nitrogens with zero attached hydrogens (tertiary/aromatic N) is 2. The summed E-state index contributed by atoms with van der Waals surface area (Å²) in [5.41, 5.74) is 1.21. The van der Waals surface area contributed by atoms with Crippen LogP contribution in [-0.4, -0.2) is 56.2 Å². The molecule has 1 fully saturated rings. The molecule has 0 bridgehead atoms. The molecule has 1 saturated heterocycles. The monoisotopic (exact) mass is 458 g/mol. The highest BCUT2D eigenvalue weighted by atomic mass is 32.2. The molecule has 1 atom stereocenters. The summed E-state index contributed by atoms with van der Waals surface area (Å²) in [6, 6.07) is 9.07. The van der Waals surface area contributed by atoms with Crippen molar-refractivity contribution in [3.63, 3.8) is 0 Å². The van der Waals surface area contributed by atoms with E-state index < -0.39 is 22.0 Å². The molecule has 4 rings (SSSR count). The highest BCUT2D eigenvalue weighted by Gasteiger charge is 2.43. The molecule has 0 spiro atoms. The largest absolute Gasteiger partial charge is 0.497 e. The lowest BCUT2D eigenvalue weighted by atomic mass is 10.0. The van der Waals surface area contributed by atoms with Gasteiger partial charge in [0.15, 0.2) is 0 Å². The van der Waals surface area contributed by atoms with Crippen LogP contribution in [0.5, 0.6) is 11.5 Å². The van der Waals surface area contributed by atoms with Gasteiger partial charge in [-0.15, -0.1) is 0 Å². The molecule has 9 heteroatoms. The molecule has 2 amide bonds. The van der Waals surface area contributed by atoms with Gasteiger partial charge in [0.2, 0.25) is 0 Å². The van der Waals surface area contributed by atoms with Crippen LogP contribution < -0.4 is 9.47 Å². The van der Waals surface area contributed by atoms with Crippen molar-refractivity contribution < 1.29 is 27.5 Å². The summed E-state index contributed by atoms with van der Waals surface area (Å²) in [5.74, 6) is 0.447. The molecule has 0 aromatic heterocycles. The highest BCUT2D eigenvalue weighted by molar-refractivity contribution is 7.90. The summed E-state index contributed by atoms with van der Waals surface area (Å²) in [7, 11) is -0.831.